The molecule has 2 aromatic carbocycles. The number of ether oxygens (including phenoxy) is 2. The van der Waals surface area contributed by atoms with Crippen LogP contribution in [0.15, 0.2) is 42.5 Å². The lowest BCUT2D eigenvalue weighted by atomic mass is 10.2. The van der Waals surface area contributed by atoms with Crippen molar-refractivity contribution in [1.82, 2.24) is 0 Å². The van der Waals surface area contributed by atoms with E-state index in [9.17, 15) is 18.0 Å². The summed E-state index contributed by atoms with van der Waals surface area (Å²) >= 11 is 0. The van der Waals surface area contributed by atoms with E-state index >= 15 is 0 Å². The first-order valence-electron chi connectivity index (χ1n) is 7.01. The van der Waals surface area contributed by atoms with Gasteiger partial charge in [-0.15, -0.1) is 0 Å². The number of nitrogens with zero attached hydrogens (tertiary/aromatic N) is 1. The summed E-state index contributed by atoms with van der Waals surface area (Å²) in [5.41, 5.74) is -0.212. The molecule has 0 radical (unpaired) electrons. The molecule has 0 aliphatic carbocycles. The number of benzene rings is 2. The van der Waals surface area contributed by atoms with Gasteiger partial charge in [0.1, 0.15) is 0 Å². The van der Waals surface area contributed by atoms with Gasteiger partial charge in [0.05, 0.1) is 24.3 Å². The summed E-state index contributed by atoms with van der Waals surface area (Å²) in [7, 11) is 1.39. The molecular weight excluding hydrogens is 337 g/mol. The molecule has 25 heavy (non-hydrogen) atoms. The van der Waals surface area contributed by atoms with Gasteiger partial charge in [-0.25, -0.2) is 0 Å². The number of amides is 1. The summed E-state index contributed by atoms with van der Waals surface area (Å²) in [4.78, 5) is 11.8. The highest BCUT2D eigenvalue weighted by atomic mass is 19.4. The fourth-order valence-electron chi connectivity index (χ4n) is 1.94. The fourth-order valence-corrected chi connectivity index (χ4v) is 1.94. The molecule has 0 heterocycles. The van der Waals surface area contributed by atoms with E-state index in [2.05, 4.69) is 5.32 Å². The van der Waals surface area contributed by atoms with Crippen molar-refractivity contribution in [2.24, 2.45) is 0 Å². The summed E-state index contributed by atoms with van der Waals surface area (Å²) in [6, 6.07) is 10.5. The first-order valence-corrected chi connectivity index (χ1v) is 7.01. The molecular formula is C17H13F3N2O3. The van der Waals surface area contributed by atoms with Gasteiger partial charge in [0.15, 0.2) is 18.1 Å². The summed E-state index contributed by atoms with van der Waals surface area (Å²) in [6.07, 6.45) is -4.43. The average molecular weight is 350 g/mol. The Bertz CT molecular complexity index is 796. The summed E-state index contributed by atoms with van der Waals surface area (Å²) in [5.74, 6) is 0.0108. The molecule has 0 atom stereocenters. The molecule has 0 aliphatic rings. The molecule has 0 bridgehead atoms. The van der Waals surface area contributed by atoms with Gasteiger partial charge in [0.2, 0.25) is 0 Å². The van der Waals surface area contributed by atoms with Crippen LogP contribution in [-0.2, 0) is 11.0 Å². The third-order valence-electron chi connectivity index (χ3n) is 3.15. The first kappa shape index (κ1) is 18.1. The van der Waals surface area contributed by atoms with E-state index in [1.807, 2.05) is 6.07 Å². The zero-order valence-corrected chi connectivity index (χ0v) is 13.1. The zero-order chi connectivity index (χ0) is 18.4. The summed E-state index contributed by atoms with van der Waals surface area (Å²) in [5, 5.41) is 11.2. The van der Waals surface area contributed by atoms with Crippen molar-refractivity contribution < 1.29 is 27.4 Å². The van der Waals surface area contributed by atoms with Crippen LogP contribution in [0.4, 0.5) is 18.9 Å². The highest BCUT2D eigenvalue weighted by Crippen LogP contribution is 2.30. The minimum atomic E-state index is -4.43. The van der Waals surface area contributed by atoms with Crippen LogP contribution in [0, 0.1) is 11.3 Å². The number of nitrogens with one attached hydrogen (secondary N) is 1. The standard InChI is InChI=1S/C17H13F3N2O3/c1-24-15-8-11(9-21)2-7-14(15)25-10-16(23)22-13-5-3-12(4-6-13)17(18,19)20/h2-8H,10H2,1H3,(H,22,23). The number of carbonyl (C=O) groups excluding carboxylic acids is 1. The number of nitriles is 1. The number of methoxy groups -OCH3 is 1. The Morgan fingerprint density at radius 3 is 2.40 bits per heavy atom. The third-order valence-corrected chi connectivity index (χ3v) is 3.15. The SMILES string of the molecule is COc1cc(C#N)ccc1OCC(=O)Nc1ccc(C(F)(F)F)cc1. The van der Waals surface area contributed by atoms with E-state index in [-0.39, 0.29) is 18.0 Å². The number of hydrogen-bond donors (Lipinski definition) is 1. The molecule has 0 unspecified atom stereocenters. The summed E-state index contributed by atoms with van der Waals surface area (Å²) < 4.78 is 47.8. The van der Waals surface area contributed by atoms with Gasteiger partial charge in [-0.1, -0.05) is 0 Å². The minimum Gasteiger partial charge on any atom is -0.493 e. The van der Waals surface area contributed by atoms with Crippen LogP contribution in [-0.4, -0.2) is 19.6 Å². The van der Waals surface area contributed by atoms with Gasteiger partial charge >= 0.3 is 6.18 Å². The highest BCUT2D eigenvalue weighted by Gasteiger charge is 2.29. The Morgan fingerprint density at radius 2 is 1.84 bits per heavy atom. The Labute approximate surface area is 141 Å². The minimum absolute atomic E-state index is 0.216. The quantitative estimate of drug-likeness (QED) is 0.894. The Kier molecular flexibility index (Phi) is 5.49. The molecule has 0 aliphatic heterocycles. The Morgan fingerprint density at radius 1 is 1.16 bits per heavy atom. The van der Waals surface area contributed by atoms with Gasteiger partial charge in [-0.05, 0) is 36.4 Å². The van der Waals surface area contributed by atoms with Gasteiger partial charge < -0.3 is 14.8 Å². The molecule has 0 aromatic heterocycles. The number of anilines is 1. The second-order valence-electron chi connectivity index (χ2n) is 4.89. The normalized spacial score (nSPS) is 10.7. The van der Waals surface area contributed by atoms with Crippen molar-refractivity contribution in [2.45, 2.75) is 6.18 Å². The second kappa shape index (κ2) is 7.57. The van der Waals surface area contributed by atoms with Crippen molar-refractivity contribution in [3.05, 3.63) is 53.6 Å². The Balaban J connectivity index is 1.96. The van der Waals surface area contributed by atoms with Crippen LogP contribution in [0.5, 0.6) is 11.5 Å². The van der Waals surface area contributed by atoms with Gasteiger partial charge in [-0.3, -0.25) is 4.79 Å². The Hall–Kier alpha value is -3.21. The molecule has 0 fully saturated rings. The zero-order valence-electron chi connectivity index (χ0n) is 13.1. The predicted octanol–water partition coefficient (Wildman–Crippen LogP) is 3.60. The lowest BCUT2D eigenvalue weighted by Crippen LogP contribution is -2.20. The van der Waals surface area contributed by atoms with Gasteiger partial charge in [-0.2, -0.15) is 18.4 Å². The van der Waals surface area contributed by atoms with E-state index in [0.29, 0.717) is 11.3 Å². The molecule has 1 N–H and O–H groups in total. The van der Waals surface area contributed by atoms with Crippen LogP contribution in [0.25, 0.3) is 0 Å². The maximum Gasteiger partial charge on any atom is 0.416 e. The summed E-state index contributed by atoms with van der Waals surface area (Å²) in [6.45, 7) is -0.372. The van der Waals surface area contributed by atoms with E-state index < -0.39 is 17.6 Å². The average Bonchev–Trinajstić information content (AvgIpc) is 2.59. The van der Waals surface area contributed by atoms with Crippen LogP contribution >= 0.6 is 0 Å². The van der Waals surface area contributed by atoms with Crippen LogP contribution in [0.3, 0.4) is 0 Å². The smallest absolute Gasteiger partial charge is 0.416 e. The third kappa shape index (κ3) is 4.88. The second-order valence-corrected chi connectivity index (χ2v) is 4.89. The van der Waals surface area contributed by atoms with Crippen molar-refractivity contribution in [3.8, 4) is 17.6 Å². The van der Waals surface area contributed by atoms with Crippen molar-refractivity contribution in [1.29, 1.82) is 5.26 Å². The van der Waals surface area contributed by atoms with Gasteiger partial charge in [0, 0.05) is 11.8 Å². The lowest BCUT2D eigenvalue weighted by molar-refractivity contribution is -0.137. The number of hydrogen-bond acceptors (Lipinski definition) is 4. The van der Waals surface area contributed by atoms with E-state index in [0.717, 1.165) is 24.3 Å². The lowest BCUT2D eigenvalue weighted by Gasteiger charge is -2.11. The van der Waals surface area contributed by atoms with E-state index in [1.165, 1.54) is 25.3 Å². The maximum absolute atomic E-state index is 12.5. The van der Waals surface area contributed by atoms with Crippen LogP contribution in [0.1, 0.15) is 11.1 Å². The molecule has 5 nitrogen and oxygen atoms in total. The van der Waals surface area contributed by atoms with Gasteiger partial charge in [0.25, 0.3) is 5.91 Å². The monoisotopic (exact) mass is 350 g/mol. The number of rotatable bonds is 5. The maximum atomic E-state index is 12.5. The number of carbonyl (C=O) groups is 1. The van der Waals surface area contributed by atoms with Crippen LogP contribution < -0.4 is 14.8 Å². The van der Waals surface area contributed by atoms with E-state index in [4.69, 9.17) is 14.7 Å². The van der Waals surface area contributed by atoms with Crippen molar-refractivity contribution in [2.75, 3.05) is 19.0 Å². The molecule has 0 spiro atoms. The fraction of sp³-hybridized carbons (Fsp3) is 0.176. The molecule has 0 saturated heterocycles. The van der Waals surface area contributed by atoms with Crippen molar-refractivity contribution in [3.63, 3.8) is 0 Å². The molecule has 130 valence electrons. The molecule has 2 aromatic rings. The predicted molar refractivity (Wildman–Crippen MR) is 83.3 cm³/mol. The van der Waals surface area contributed by atoms with Crippen LogP contribution in [0.2, 0.25) is 0 Å². The largest absolute Gasteiger partial charge is 0.493 e. The van der Waals surface area contributed by atoms with Crippen molar-refractivity contribution >= 4 is 11.6 Å². The highest BCUT2D eigenvalue weighted by molar-refractivity contribution is 5.91. The number of halogens is 3. The number of alkyl halides is 3. The first-order chi connectivity index (χ1) is 11.8. The topological polar surface area (TPSA) is 71.3 Å². The molecule has 1 amide bonds. The molecule has 8 heteroatoms. The molecule has 0 saturated carbocycles. The van der Waals surface area contributed by atoms with E-state index in [1.54, 1.807) is 0 Å². The molecule has 2 rings (SSSR count).